The number of nitrogens with zero attached hydrogens (tertiary/aromatic N) is 3. The summed E-state index contributed by atoms with van der Waals surface area (Å²) in [6.07, 6.45) is 1.73. The Bertz CT molecular complexity index is 647. The zero-order chi connectivity index (χ0) is 14.5. The number of benzene rings is 1. The minimum absolute atomic E-state index is 0.0365. The van der Waals surface area contributed by atoms with Crippen molar-refractivity contribution < 1.29 is 4.39 Å². The van der Waals surface area contributed by atoms with Crippen molar-refractivity contribution in [2.45, 2.75) is 6.54 Å². The number of rotatable bonds is 4. The van der Waals surface area contributed by atoms with E-state index in [9.17, 15) is 4.39 Å². The standard InChI is InChI=1S/C15H15FN4/c1-20(2)15-8-11(6-7-18-15)10-19-14-5-3-4-13(16)12(14)9-17/h3-8,19H,10H2,1-2H3. The van der Waals surface area contributed by atoms with Crippen molar-refractivity contribution in [3.05, 3.63) is 53.5 Å². The highest BCUT2D eigenvalue weighted by molar-refractivity contribution is 5.58. The van der Waals surface area contributed by atoms with Crippen LogP contribution in [0.5, 0.6) is 0 Å². The molecule has 0 fully saturated rings. The molecular formula is C15H15FN4. The molecule has 0 aliphatic heterocycles. The molecule has 1 aromatic carbocycles. The number of anilines is 2. The lowest BCUT2D eigenvalue weighted by Crippen LogP contribution is -2.11. The second kappa shape index (κ2) is 6.02. The fourth-order valence-electron chi connectivity index (χ4n) is 1.80. The van der Waals surface area contributed by atoms with Crippen molar-refractivity contribution in [1.29, 1.82) is 5.26 Å². The topological polar surface area (TPSA) is 52.0 Å². The first-order chi connectivity index (χ1) is 9.61. The molecule has 2 aromatic rings. The summed E-state index contributed by atoms with van der Waals surface area (Å²) >= 11 is 0. The number of halogens is 1. The maximum Gasteiger partial charge on any atom is 0.143 e. The first-order valence-corrected chi connectivity index (χ1v) is 6.16. The van der Waals surface area contributed by atoms with Gasteiger partial charge in [0.2, 0.25) is 0 Å². The molecular weight excluding hydrogens is 255 g/mol. The Hall–Kier alpha value is -2.61. The van der Waals surface area contributed by atoms with Gasteiger partial charge < -0.3 is 10.2 Å². The van der Waals surface area contributed by atoms with Crippen LogP contribution in [-0.2, 0) is 6.54 Å². The van der Waals surface area contributed by atoms with Gasteiger partial charge in [-0.1, -0.05) is 6.07 Å². The van der Waals surface area contributed by atoms with Gasteiger partial charge in [-0.05, 0) is 29.8 Å². The van der Waals surface area contributed by atoms with Crippen LogP contribution in [-0.4, -0.2) is 19.1 Å². The van der Waals surface area contributed by atoms with Gasteiger partial charge in [0, 0.05) is 26.8 Å². The summed E-state index contributed by atoms with van der Waals surface area (Å²) in [5.41, 5.74) is 1.54. The van der Waals surface area contributed by atoms with Crippen LogP contribution in [0, 0.1) is 17.1 Å². The third-order valence-corrected chi connectivity index (χ3v) is 2.88. The Morgan fingerprint density at radius 3 is 2.85 bits per heavy atom. The maximum atomic E-state index is 13.5. The molecule has 1 aromatic heterocycles. The lowest BCUT2D eigenvalue weighted by Gasteiger charge is -2.13. The van der Waals surface area contributed by atoms with E-state index in [0.717, 1.165) is 11.4 Å². The zero-order valence-electron chi connectivity index (χ0n) is 11.4. The van der Waals surface area contributed by atoms with E-state index in [0.29, 0.717) is 12.2 Å². The lowest BCUT2D eigenvalue weighted by molar-refractivity contribution is 0.624. The molecule has 0 bridgehead atoms. The van der Waals surface area contributed by atoms with Crippen molar-refractivity contribution >= 4 is 11.5 Å². The van der Waals surface area contributed by atoms with E-state index >= 15 is 0 Å². The van der Waals surface area contributed by atoms with Crippen LogP contribution in [0.2, 0.25) is 0 Å². The summed E-state index contributed by atoms with van der Waals surface area (Å²) < 4.78 is 13.5. The first kappa shape index (κ1) is 13.8. The molecule has 1 N–H and O–H groups in total. The minimum atomic E-state index is -0.513. The number of pyridine rings is 1. The molecule has 2 rings (SSSR count). The molecule has 0 unspecified atom stereocenters. The molecule has 0 atom stereocenters. The molecule has 1 heterocycles. The van der Waals surface area contributed by atoms with Crippen molar-refractivity contribution in [1.82, 2.24) is 4.98 Å². The molecule has 0 aliphatic carbocycles. The average molecular weight is 270 g/mol. The SMILES string of the molecule is CN(C)c1cc(CNc2cccc(F)c2C#N)ccn1. The van der Waals surface area contributed by atoms with Gasteiger partial charge in [0.15, 0.2) is 0 Å². The van der Waals surface area contributed by atoms with Crippen LogP contribution < -0.4 is 10.2 Å². The third-order valence-electron chi connectivity index (χ3n) is 2.88. The van der Waals surface area contributed by atoms with Crippen molar-refractivity contribution in [2.75, 3.05) is 24.3 Å². The average Bonchev–Trinajstić information content (AvgIpc) is 2.45. The summed E-state index contributed by atoms with van der Waals surface area (Å²) in [4.78, 5) is 6.14. The highest BCUT2D eigenvalue weighted by atomic mass is 19.1. The Morgan fingerprint density at radius 1 is 1.35 bits per heavy atom. The Labute approximate surface area is 117 Å². The van der Waals surface area contributed by atoms with Gasteiger partial charge in [0.05, 0.1) is 5.69 Å². The van der Waals surface area contributed by atoms with Gasteiger partial charge >= 0.3 is 0 Å². The van der Waals surface area contributed by atoms with Crippen LogP contribution >= 0.6 is 0 Å². The molecule has 102 valence electrons. The maximum absolute atomic E-state index is 13.5. The first-order valence-electron chi connectivity index (χ1n) is 6.16. The summed E-state index contributed by atoms with van der Waals surface area (Å²) in [6.45, 7) is 0.501. The van der Waals surface area contributed by atoms with Gasteiger partial charge in [-0.15, -0.1) is 0 Å². The fraction of sp³-hybridized carbons (Fsp3) is 0.200. The molecule has 0 spiro atoms. The van der Waals surface area contributed by atoms with Crippen LogP contribution in [0.1, 0.15) is 11.1 Å². The monoisotopic (exact) mass is 270 g/mol. The minimum Gasteiger partial charge on any atom is -0.380 e. The van der Waals surface area contributed by atoms with E-state index in [1.165, 1.54) is 6.07 Å². The normalized spacial score (nSPS) is 9.90. The molecule has 0 radical (unpaired) electrons. The Morgan fingerprint density at radius 2 is 2.15 bits per heavy atom. The molecule has 5 heteroatoms. The highest BCUT2D eigenvalue weighted by Crippen LogP contribution is 2.19. The van der Waals surface area contributed by atoms with E-state index in [2.05, 4.69) is 10.3 Å². The summed E-state index contributed by atoms with van der Waals surface area (Å²) in [6, 6.07) is 10.2. The van der Waals surface area contributed by atoms with Crippen molar-refractivity contribution in [2.24, 2.45) is 0 Å². The van der Waals surface area contributed by atoms with Gasteiger partial charge in [-0.2, -0.15) is 5.26 Å². The number of hydrogen-bond donors (Lipinski definition) is 1. The van der Waals surface area contributed by atoms with Gasteiger partial charge in [0.25, 0.3) is 0 Å². The predicted octanol–water partition coefficient (Wildman–Crippen LogP) is 2.77. The molecule has 0 aliphatic rings. The highest BCUT2D eigenvalue weighted by Gasteiger charge is 2.07. The van der Waals surface area contributed by atoms with Crippen LogP contribution in [0.25, 0.3) is 0 Å². The molecule has 20 heavy (non-hydrogen) atoms. The molecule has 0 saturated heterocycles. The quantitative estimate of drug-likeness (QED) is 0.928. The Kier molecular flexibility index (Phi) is 4.16. The van der Waals surface area contributed by atoms with Crippen molar-refractivity contribution in [3.8, 4) is 6.07 Å². The van der Waals surface area contributed by atoms with Crippen LogP contribution in [0.3, 0.4) is 0 Å². The van der Waals surface area contributed by atoms with Crippen LogP contribution in [0.4, 0.5) is 15.9 Å². The predicted molar refractivity (Wildman–Crippen MR) is 77.0 cm³/mol. The summed E-state index contributed by atoms with van der Waals surface area (Å²) in [5, 5.41) is 12.0. The van der Waals surface area contributed by atoms with Crippen molar-refractivity contribution in [3.63, 3.8) is 0 Å². The zero-order valence-corrected chi connectivity index (χ0v) is 11.4. The number of aromatic nitrogens is 1. The summed E-state index contributed by atoms with van der Waals surface area (Å²) in [5.74, 6) is 0.338. The summed E-state index contributed by atoms with van der Waals surface area (Å²) in [7, 11) is 3.83. The Balaban J connectivity index is 2.15. The number of nitriles is 1. The number of nitrogens with one attached hydrogen (secondary N) is 1. The largest absolute Gasteiger partial charge is 0.380 e. The van der Waals surface area contributed by atoms with E-state index in [-0.39, 0.29) is 5.56 Å². The fourth-order valence-corrected chi connectivity index (χ4v) is 1.80. The third kappa shape index (κ3) is 3.04. The van der Waals surface area contributed by atoms with E-state index < -0.39 is 5.82 Å². The van der Waals surface area contributed by atoms with Crippen LogP contribution in [0.15, 0.2) is 36.5 Å². The van der Waals surface area contributed by atoms with Gasteiger partial charge in [0.1, 0.15) is 23.3 Å². The van der Waals surface area contributed by atoms with Gasteiger partial charge in [-0.25, -0.2) is 9.37 Å². The molecule has 0 amide bonds. The van der Waals surface area contributed by atoms with E-state index in [1.807, 2.05) is 37.2 Å². The second-order valence-corrected chi connectivity index (χ2v) is 4.54. The smallest absolute Gasteiger partial charge is 0.143 e. The van der Waals surface area contributed by atoms with E-state index in [4.69, 9.17) is 5.26 Å². The van der Waals surface area contributed by atoms with E-state index in [1.54, 1.807) is 18.3 Å². The second-order valence-electron chi connectivity index (χ2n) is 4.54. The van der Waals surface area contributed by atoms with Gasteiger partial charge in [-0.3, -0.25) is 0 Å². The molecule has 0 saturated carbocycles. The molecule has 4 nitrogen and oxygen atoms in total. The number of hydrogen-bond acceptors (Lipinski definition) is 4. The lowest BCUT2D eigenvalue weighted by atomic mass is 10.1.